The predicted octanol–water partition coefficient (Wildman–Crippen LogP) is 2.88. The van der Waals surface area contributed by atoms with Crippen molar-refractivity contribution in [1.29, 1.82) is 0 Å². The number of aromatic nitrogens is 1. The number of nitrogens with two attached hydrogens (primary N) is 1. The van der Waals surface area contributed by atoms with Gasteiger partial charge >= 0.3 is 0 Å². The number of rotatable bonds is 2. The molecule has 18 heavy (non-hydrogen) atoms. The molecule has 0 unspecified atom stereocenters. The molecule has 92 valence electrons. The van der Waals surface area contributed by atoms with Gasteiger partial charge in [-0.1, -0.05) is 23.7 Å². The molecule has 0 saturated heterocycles. The van der Waals surface area contributed by atoms with E-state index in [1.807, 2.05) is 25.1 Å². The van der Waals surface area contributed by atoms with E-state index in [1.165, 1.54) is 12.3 Å². The summed E-state index contributed by atoms with van der Waals surface area (Å²) in [5.74, 6) is -0.328. The van der Waals surface area contributed by atoms with Crippen molar-refractivity contribution < 1.29 is 4.79 Å². The Hall–Kier alpha value is -2.07. The average Bonchev–Trinajstić information content (AvgIpc) is 2.32. The highest BCUT2D eigenvalue weighted by Gasteiger charge is 2.12. The highest BCUT2D eigenvalue weighted by Crippen LogP contribution is 2.18. The highest BCUT2D eigenvalue weighted by molar-refractivity contribution is 6.33. The van der Waals surface area contributed by atoms with Gasteiger partial charge in [-0.05, 0) is 30.7 Å². The number of hydrogen-bond donors (Lipinski definition) is 2. The minimum absolute atomic E-state index is 0.134. The number of nitrogens with one attached hydrogen (secondary N) is 1. The molecule has 0 aliphatic rings. The van der Waals surface area contributed by atoms with Crippen LogP contribution in [0.15, 0.2) is 36.5 Å². The maximum absolute atomic E-state index is 12.0. The lowest BCUT2D eigenvalue weighted by Gasteiger charge is -2.07. The van der Waals surface area contributed by atoms with Crippen LogP contribution in [0.4, 0.5) is 11.4 Å². The van der Waals surface area contributed by atoms with Crippen molar-refractivity contribution in [1.82, 2.24) is 4.98 Å². The Morgan fingerprint density at radius 2 is 2.17 bits per heavy atom. The molecule has 0 radical (unpaired) electrons. The maximum atomic E-state index is 12.0. The fourth-order valence-electron chi connectivity index (χ4n) is 1.54. The van der Waals surface area contributed by atoms with Gasteiger partial charge in [-0.25, -0.2) is 4.98 Å². The largest absolute Gasteiger partial charge is 0.397 e. The zero-order valence-electron chi connectivity index (χ0n) is 9.77. The van der Waals surface area contributed by atoms with E-state index >= 15 is 0 Å². The van der Waals surface area contributed by atoms with Gasteiger partial charge in [0.15, 0.2) is 0 Å². The van der Waals surface area contributed by atoms with E-state index in [2.05, 4.69) is 10.3 Å². The van der Waals surface area contributed by atoms with E-state index in [-0.39, 0.29) is 16.6 Å². The smallest absolute Gasteiger partial charge is 0.258 e. The van der Waals surface area contributed by atoms with Gasteiger partial charge in [-0.3, -0.25) is 4.79 Å². The van der Waals surface area contributed by atoms with E-state index in [0.717, 1.165) is 5.56 Å². The number of nitrogen functional groups attached to an aromatic ring is 1. The third-order valence-corrected chi connectivity index (χ3v) is 2.68. The second-order valence-electron chi connectivity index (χ2n) is 3.93. The first-order chi connectivity index (χ1) is 8.56. The minimum atomic E-state index is -0.328. The summed E-state index contributed by atoms with van der Waals surface area (Å²) >= 11 is 5.86. The van der Waals surface area contributed by atoms with Gasteiger partial charge < -0.3 is 11.1 Å². The minimum Gasteiger partial charge on any atom is -0.397 e. The van der Waals surface area contributed by atoms with Crippen LogP contribution in [0.5, 0.6) is 0 Å². The Kier molecular flexibility index (Phi) is 3.48. The Morgan fingerprint density at radius 3 is 2.89 bits per heavy atom. The fraction of sp³-hybridized carbons (Fsp3) is 0.0769. The van der Waals surface area contributed by atoms with Crippen molar-refractivity contribution >= 4 is 28.9 Å². The first-order valence-electron chi connectivity index (χ1n) is 5.35. The third kappa shape index (κ3) is 2.78. The molecule has 0 spiro atoms. The first kappa shape index (κ1) is 12.4. The molecule has 1 heterocycles. The molecular formula is C13H12ClN3O. The number of pyridine rings is 1. The van der Waals surface area contributed by atoms with Crippen LogP contribution in [0.25, 0.3) is 0 Å². The monoisotopic (exact) mass is 261 g/mol. The lowest BCUT2D eigenvalue weighted by molar-refractivity contribution is 0.102. The summed E-state index contributed by atoms with van der Waals surface area (Å²) in [7, 11) is 0. The Balaban J connectivity index is 2.24. The Morgan fingerprint density at radius 1 is 1.39 bits per heavy atom. The molecule has 1 amide bonds. The Bertz CT molecular complexity index is 599. The van der Waals surface area contributed by atoms with E-state index in [9.17, 15) is 4.79 Å². The number of carbonyl (C=O) groups excluding carboxylic acids is 1. The number of carbonyl (C=O) groups is 1. The van der Waals surface area contributed by atoms with Crippen LogP contribution in [0.2, 0.25) is 5.15 Å². The number of hydrogen-bond acceptors (Lipinski definition) is 3. The van der Waals surface area contributed by atoms with Crippen molar-refractivity contribution in [3.05, 3.63) is 52.8 Å². The zero-order valence-corrected chi connectivity index (χ0v) is 10.5. The molecule has 0 bridgehead atoms. The molecule has 0 saturated carbocycles. The SMILES string of the molecule is Cc1cccc(NC(=O)c2cc(N)cnc2Cl)c1. The highest BCUT2D eigenvalue weighted by atomic mass is 35.5. The zero-order chi connectivity index (χ0) is 13.1. The molecule has 0 atom stereocenters. The van der Waals surface area contributed by atoms with Crippen molar-refractivity contribution in [2.75, 3.05) is 11.1 Å². The van der Waals surface area contributed by atoms with Crippen molar-refractivity contribution in [2.45, 2.75) is 6.92 Å². The summed E-state index contributed by atoms with van der Waals surface area (Å²) in [5.41, 5.74) is 8.01. The van der Waals surface area contributed by atoms with Crippen molar-refractivity contribution in [3.63, 3.8) is 0 Å². The van der Waals surface area contributed by atoms with Crippen LogP contribution in [0.3, 0.4) is 0 Å². The van der Waals surface area contributed by atoms with Gasteiger partial charge in [0, 0.05) is 5.69 Å². The fourth-order valence-corrected chi connectivity index (χ4v) is 1.73. The molecule has 4 nitrogen and oxygen atoms in total. The second-order valence-corrected chi connectivity index (χ2v) is 4.29. The number of anilines is 2. The second kappa shape index (κ2) is 5.06. The summed E-state index contributed by atoms with van der Waals surface area (Å²) in [6, 6.07) is 8.99. The summed E-state index contributed by atoms with van der Waals surface area (Å²) in [4.78, 5) is 15.8. The number of nitrogens with zero attached hydrogens (tertiary/aromatic N) is 1. The van der Waals surface area contributed by atoms with E-state index in [1.54, 1.807) is 6.07 Å². The third-order valence-electron chi connectivity index (χ3n) is 2.38. The van der Waals surface area contributed by atoms with Crippen LogP contribution < -0.4 is 11.1 Å². The molecular weight excluding hydrogens is 250 g/mol. The molecule has 1 aromatic carbocycles. The van der Waals surface area contributed by atoms with Crippen LogP contribution in [-0.4, -0.2) is 10.9 Å². The summed E-state index contributed by atoms with van der Waals surface area (Å²) in [6.07, 6.45) is 1.41. The quantitative estimate of drug-likeness (QED) is 0.817. The molecule has 0 aliphatic carbocycles. The van der Waals surface area contributed by atoms with Gasteiger partial charge in [0.05, 0.1) is 17.4 Å². The van der Waals surface area contributed by atoms with E-state index in [4.69, 9.17) is 17.3 Å². The summed E-state index contributed by atoms with van der Waals surface area (Å²) in [5, 5.41) is 2.88. The lowest BCUT2D eigenvalue weighted by atomic mass is 10.2. The first-order valence-corrected chi connectivity index (χ1v) is 5.73. The molecule has 2 rings (SSSR count). The topological polar surface area (TPSA) is 68.0 Å². The van der Waals surface area contributed by atoms with Gasteiger partial charge in [0.2, 0.25) is 0 Å². The molecule has 0 aliphatic heterocycles. The number of aryl methyl sites for hydroxylation is 1. The number of halogens is 1. The standard InChI is InChI=1S/C13H12ClN3O/c1-8-3-2-4-10(5-8)17-13(18)11-6-9(15)7-16-12(11)14/h2-7H,15H2,1H3,(H,17,18). The van der Waals surface area contributed by atoms with E-state index in [0.29, 0.717) is 11.4 Å². The molecule has 2 aromatic rings. The molecule has 0 fully saturated rings. The number of amides is 1. The molecule has 5 heteroatoms. The normalized spacial score (nSPS) is 10.1. The van der Waals surface area contributed by atoms with Gasteiger partial charge in [0.1, 0.15) is 5.15 Å². The average molecular weight is 262 g/mol. The predicted molar refractivity (Wildman–Crippen MR) is 72.8 cm³/mol. The van der Waals surface area contributed by atoms with Crippen LogP contribution in [0, 0.1) is 6.92 Å². The maximum Gasteiger partial charge on any atom is 0.258 e. The van der Waals surface area contributed by atoms with Crippen molar-refractivity contribution in [3.8, 4) is 0 Å². The van der Waals surface area contributed by atoms with Gasteiger partial charge in [0.25, 0.3) is 5.91 Å². The van der Waals surface area contributed by atoms with E-state index < -0.39 is 0 Å². The lowest BCUT2D eigenvalue weighted by Crippen LogP contribution is -2.13. The van der Waals surface area contributed by atoms with Crippen LogP contribution in [0.1, 0.15) is 15.9 Å². The van der Waals surface area contributed by atoms with Crippen LogP contribution >= 0.6 is 11.6 Å². The summed E-state index contributed by atoms with van der Waals surface area (Å²) in [6.45, 7) is 1.95. The van der Waals surface area contributed by atoms with Gasteiger partial charge in [-0.2, -0.15) is 0 Å². The number of benzene rings is 1. The van der Waals surface area contributed by atoms with Crippen LogP contribution in [-0.2, 0) is 0 Å². The Labute approximate surface area is 110 Å². The summed E-state index contributed by atoms with van der Waals surface area (Å²) < 4.78 is 0. The molecule has 3 N–H and O–H groups in total. The molecule has 1 aromatic heterocycles. The van der Waals surface area contributed by atoms with Gasteiger partial charge in [-0.15, -0.1) is 0 Å². The van der Waals surface area contributed by atoms with Crippen molar-refractivity contribution in [2.24, 2.45) is 0 Å².